The molecule has 1 N–H and O–H groups in total. The van der Waals surface area contributed by atoms with E-state index in [-0.39, 0.29) is 29.5 Å². The van der Waals surface area contributed by atoms with Crippen LogP contribution in [0.1, 0.15) is 52.4 Å². The van der Waals surface area contributed by atoms with Crippen LogP contribution in [0.5, 0.6) is 0 Å². The Kier molecular flexibility index (Phi) is 8.73. The lowest BCUT2D eigenvalue weighted by molar-refractivity contribution is -0.121. The van der Waals surface area contributed by atoms with E-state index in [1.165, 1.54) is 4.31 Å². The van der Waals surface area contributed by atoms with E-state index in [9.17, 15) is 13.2 Å². The van der Waals surface area contributed by atoms with Crippen molar-refractivity contribution in [1.29, 1.82) is 0 Å². The summed E-state index contributed by atoms with van der Waals surface area (Å²) in [6.07, 6.45) is 5.61. The fourth-order valence-electron chi connectivity index (χ4n) is 3.32. The smallest absolute Gasteiger partial charge is 0.243 e. The van der Waals surface area contributed by atoms with Crippen LogP contribution >= 0.6 is 0 Å². The Morgan fingerprint density at radius 2 is 1.85 bits per heavy atom. The topological polar surface area (TPSA) is 75.7 Å². The first-order valence-corrected chi connectivity index (χ1v) is 11.3. The molecule has 0 aliphatic heterocycles. The van der Waals surface area contributed by atoms with E-state index in [4.69, 9.17) is 4.74 Å². The van der Waals surface area contributed by atoms with Crippen LogP contribution in [0.3, 0.4) is 0 Å². The highest BCUT2D eigenvalue weighted by molar-refractivity contribution is 7.89. The van der Waals surface area contributed by atoms with Crippen molar-refractivity contribution in [2.75, 3.05) is 19.7 Å². The van der Waals surface area contributed by atoms with Crippen LogP contribution in [0.2, 0.25) is 0 Å². The molecule has 0 heterocycles. The molecule has 0 bridgehead atoms. The number of sulfonamides is 1. The number of rotatable bonds is 10. The predicted octanol–water partition coefficient (Wildman–Crippen LogP) is 2.94. The fourth-order valence-corrected chi connectivity index (χ4v) is 4.99. The largest absolute Gasteiger partial charge is 0.379 e. The number of benzene rings is 1. The summed E-state index contributed by atoms with van der Waals surface area (Å²) in [6, 6.07) is 8.27. The molecule has 1 saturated carbocycles. The van der Waals surface area contributed by atoms with Crippen molar-refractivity contribution < 1.29 is 17.9 Å². The molecule has 0 aromatic heterocycles. The normalized spacial score (nSPS) is 16.0. The van der Waals surface area contributed by atoms with Crippen LogP contribution in [0.15, 0.2) is 35.2 Å². The number of nitrogens with zero attached hydrogens (tertiary/aromatic N) is 1. The average molecular weight is 397 g/mol. The molecule has 1 aliphatic carbocycles. The maximum atomic E-state index is 13.1. The Balaban J connectivity index is 2.01. The molecule has 0 radical (unpaired) electrons. The highest BCUT2D eigenvalue weighted by Crippen LogP contribution is 2.27. The molecule has 27 heavy (non-hydrogen) atoms. The number of ether oxygens (including phenoxy) is 1. The summed E-state index contributed by atoms with van der Waals surface area (Å²) in [4.78, 5) is 12.7. The van der Waals surface area contributed by atoms with Gasteiger partial charge in [-0.25, -0.2) is 8.42 Å². The first-order chi connectivity index (χ1) is 12.9. The van der Waals surface area contributed by atoms with Crippen LogP contribution in [0.4, 0.5) is 0 Å². The molecule has 0 spiro atoms. The van der Waals surface area contributed by atoms with E-state index in [1.54, 1.807) is 30.3 Å². The predicted molar refractivity (Wildman–Crippen MR) is 106 cm³/mol. The zero-order chi connectivity index (χ0) is 19.7. The summed E-state index contributed by atoms with van der Waals surface area (Å²) >= 11 is 0. The summed E-state index contributed by atoms with van der Waals surface area (Å²) in [6.45, 7) is 4.86. The molecule has 1 aromatic carbocycles. The number of hydrogen-bond acceptors (Lipinski definition) is 4. The molecule has 0 saturated heterocycles. The summed E-state index contributed by atoms with van der Waals surface area (Å²) in [5.41, 5.74) is 0. The van der Waals surface area contributed by atoms with Gasteiger partial charge < -0.3 is 10.1 Å². The Morgan fingerprint density at radius 3 is 2.48 bits per heavy atom. The molecule has 152 valence electrons. The molecular weight excluding hydrogens is 364 g/mol. The van der Waals surface area contributed by atoms with Crippen LogP contribution in [0.25, 0.3) is 0 Å². The van der Waals surface area contributed by atoms with E-state index in [2.05, 4.69) is 5.32 Å². The second-order valence-corrected chi connectivity index (χ2v) is 9.17. The van der Waals surface area contributed by atoms with Crippen molar-refractivity contribution in [2.45, 2.75) is 69.4 Å². The third-order valence-electron chi connectivity index (χ3n) is 4.73. The van der Waals surface area contributed by atoms with Gasteiger partial charge in [0, 0.05) is 19.2 Å². The second-order valence-electron chi connectivity index (χ2n) is 7.28. The van der Waals surface area contributed by atoms with E-state index in [0.29, 0.717) is 19.6 Å². The molecule has 0 atom stereocenters. The summed E-state index contributed by atoms with van der Waals surface area (Å²) in [5.74, 6) is -0.260. The Labute approximate surface area is 163 Å². The summed E-state index contributed by atoms with van der Waals surface area (Å²) in [7, 11) is -3.69. The van der Waals surface area contributed by atoms with Gasteiger partial charge in [0.25, 0.3) is 0 Å². The van der Waals surface area contributed by atoms with Crippen molar-refractivity contribution in [1.82, 2.24) is 9.62 Å². The third-order valence-corrected chi connectivity index (χ3v) is 6.64. The number of carbonyl (C=O) groups excluding carboxylic acids is 1. The van der Waals surface area contributed by atoms with Gasteiger partial charge in [0.05, 0.1) is 17.5 Å². The lowest BCUT2D eigenvalue weighted by atomic mass is 9.95. The second kappa shape index (κ2) is 10.8. The van der Waals surface area contributed by atoms with E-state index < -0.39 is 10.0 Å². The molecule has 7 heteroatoms. The van der Waals surface area contributed by atoms with Crippen molar-refractivity contribution in [3.8, 4) is 0 Å². The highest BCUT2D eigenvalue weighted by Gasteiger charge is 2.33. The van der Waals surface area contributed by atoms with Crippen LogP contribution in [-0.2, 0) is 19.6 Å². The lowest BCUT2D eigenvalue weighted by Crippen LogP contribution is -2.47. The average Bonchev–Trinajstić information content (AvgIpc) is 2.67. The molecule has 2 rings (SSSR count). The van der Waals surface area contributed by atoms with Gasteiger partial charge in [0.15, 0.2) is 0 Å². The Morgan fingerprint density at radius 1 is 1.19 bits per heavy atom. The van der Waals surface area contributed by atoms with Crippen molar-refractivity contribution >= 4 is 15.9 Å². The maximum absolute atomic E-state index is 13.1. The van der Waals surface area contributed by atoms with Crippen molar-refractivity contribution in [2.24, 2.45) is 0 Å². The highest BCUT2D eigenvalue weighted by atomic mass is 32.2. The van der Waals surface area contributed by atoms with E-state index in [1.807, 2.05) is 13.8 Å². The minimum atomic E-state index is -3.69. The van der Waals surface area contributed by atoms with Crippen molar-refractivity contribution in [3.05, 3.63) is 30.3 Å². The minimum Gasteiger partial charge on any atom is -0.379 e. The molecule has 1 amide bonds. The molecule has 1 aliphatic rings. The lowest BCUT2D eigenvalue weighted by Gasteiger charge is -2.33. The van der Waals surface area contributed by atoms with E-state index >= 15 is 0 Å². The van der Waals surface area contributed by atoms with Crippen LogP contribution in [-0.4, -0.2) is 50.5 Å². The van der Waals surface area contributed by atoms with Gasteiger partial charge in [-0.2, -0.15) is 4.31 Å². The standard InChI is InChI=1S/C20H32N2O4S/c1-17(2)26-15-9-14-21-20(23)16-22(18-10-5-3-6-11-18)27(24,25)19-12-7-4-8-13-19/h4,7-8,12-13,17-18H,3,5-6,9-11,14-16H2,1-2H3,(H,21,23). The number of carbonyl (C=O) groups is 1. The molecule has 1 aromatic rings. The first-order valence-electron chi connectivity index (χ1n) is 9.86. The maximum Gasteiger partial charge on any atom is 0.243 e. The van der Waals surface area contributed by atoms with Gasteiger partial charge >= 0.3 is 0 Å². The summed E-state index contributed by atoms with van der Waals surface area (Å²) in [5, 5.41) is 2.82. The van der Waals surface area contributed by atoms with E-state index in [0.717, 1.165) is 32.1 Å². The Hall–Kier alpha value is -1.44. The van der Waals surface area contributed by atoms with Crippen LogP contribution in [0, 0.1) is 0 Å². The Bertz CT molecular complexity index is 670. The number of nitrogens with one attached hydrogen (secondary N) is 1. The van der Waals surface area contributed by atoms with Gasteiger partial charge in [0.1, 0.15) is 0 Å². The van der Waals surface area contributed by atoms with Gasteiger partial charge in [-0.05, 0) is 45.2 Å². The quantitative estimate of drug-likeness (QED) is 0.617. The van der Waals surface area contributed by atoms with Gasteiger partial charge in [-0.1, -0.05) is 37.5 Å². The number of amides is 1. The minimum absolute atomic E-state index is 0.112. The molecule has 0 unspecified atom stereocenters. The first kappa shape index (κ1) is 21.9. The zero-order valence-electron chi connectivity index (χ0n) is 16.4. The van der Waals surface area contributed by atoms with Gasteiger partial charge in [-0.3, -0.25) is 4.79 Å². The summed E-state index contributed by atoms with van der Waals surface area (Å²) < 4.78 is 33.1. The molecule has 6 nitrogen and oxygen atoms in total. The van der Waals surface area contributed by atoms with Gasteiger partial charge in [-0.15, -0.1) is 0 Å². The zero-order valence-corrected chi connectivity index (χ0v) is 17.2. The molecule has 1 fully saturated rings. The fraction of sp³-hybridized carbons (Fsp3) is 0.650. The van der Waals surface area contributed by atoms with Crippen molar-refractivity contribution in [3.63, 3.8) is 0 Å². The number of hydrogen-bond donors (Lipinski definition) is 1. The van der Waals surface area contributed by atoms with Gasteiger partial charge in [0.2, 0.25) is 15.9 Å². The SMILES string of the molecule is CC(C)OCCCNC(=O)CN(C1CCCCC1)S(=O)(=O)c1ccccc1. The molecular formula is C20H32N2O4S. The van der Waals surface area contributed by atoms with Crippen LogP contribution < -0.4 is 5.32 Å². The monoisotopic (exact) mass is 396 g/mol. The third kappa shape index (κ3) is 6.90.